The number of pyridine rings is 1. The summed E-state index contributed by atoms with van der Waals surface area (Å²) < 4.78 is 38.5. The highest BCUT2D eigenvalue weighted by molar-refractivity contribution is 5.95. The molecule has 0 unspecified atom stereocenters. The quantitative estimate of drug-likeness (QED) is 0.448. The largest absolute Gasteiger partial charge is 0.416 e. The van der Waals surface area contributed by atoms with Gasteiger partial charge in [-0.25, -0.2) is 0 Å². The van der Waals surface area contributed by atoms with Gasteiger partial charge in [0.25, 0.3) is 5.91 Å². The Labute approximate surface area is 209 Å². The van der Waals surface area contributed by atoms with Crippen LogP contribution in [0.4, 0.5) is 13.2 Å². The molecule has 0 atom stereocenters. The highest BCUT2D eigenvalue weighted by atomic mass is 19.4. The van der Waals surface area contributed by atoms with Crippen LogP contribution >= 0.6 is 0 Å². The summed E-state index contributed by atoms with van der Waals surface area (Å²) in [5.41, 5.74) is 5.24. The predicted molar refractivity (Wildman–Crippen MR) is 133 cm³/mol. The van der Waals surface area contributed by atoms with E-state index >= 15 is 0 Å². The second-order valence-corrected chi connectivity index (χ2v) is 9.88. The van der Waals surface area contributed by atoms with Crippen molar-refractivity contribution in [1.29, 1.82) is 0 Å². The van der Waals surface area contributed by atoms with Crippen LogP contribution in [0.15, 0.2) is 60.7 Å². The zero-order valence-corrected chi connectivity index (χ0v) is 20.4. The van der Waals surface area contributed by atoms with Crippen molar-refractivity contribution in [3.63, 3.8) is 0 Å². The van der Waals surface area contributed by atoms with Crippen molar-refractivity contribution in [2.75, 3.05) is 19.6 Å². The molecule has 0 bridgehead atoms. The Morgan fingerprint density at radius 3 is 2.33 bits per heavy atom. The summed E-state index contributed by atoms with van der Waals surface area (Å²) in [5.74, 6) is 0.226. The van der Waals surface area contributed by atoms with Crippen LogP contribution in [-0.2, 0) is 25.7 Å². The summed E-state index contributed by atoms with van der Waals surface area (Å²) in [6, 6.07) is 17.5. The third-order valence-corrected chi connectivity index (χ3v) is 7.37. The minimum absolute atomic E-state index is 0.0409. The van der Waals surface area contributed by atoms with Gasteiger partial charge in [-0.15, -0.1) is 0 Å². The highest BCUT2D eigenvalue weighted by Gasteiger charge is 2.31. The van der Waals surface area contributed by atoms with Crippen molar-refractivity contribution < 1.29 is 18.0 Å². The van der Waals surface area contributed by atoms with Gasteiger partial charge in [-0.05, 0) is 80.2 Å². The molecule has 2 aromatic carbocycles. The first-order chi connectivity index (χ1) is 17.3. The van der Waals surface area contributed by atoms with Crippen molar-refractivity contribution >= 4 is 5.91 Å². The summed E-state index contributed by atoms with van der Waals surface area (Å²) in [6.07, 6.45) is -1.73. The standard InChI is InChI=1S/C29H30F3N3O/c1-20-6-11-26(28(36)35-17-14-22-4-2-3-5-24(22)19-35)27(33-20)23-12-15-34(16-13-23)18-21-7-9-25(10-8-21)29(30,31)32/h2-11,23H,12-19H2,1H3. The van der Waals surface area contributed by atoms with Crippen LogP contribution in [0.25, 0.3) is 0 Å². The molecule has 2 aliphatic rings. The Balaban J connectivity index is 1.25. The molecule has 3 heterocycles. The molecule has 1 saturated heterocycles. The summed E-state index contributed by atoms with van der Waals surface area (Å²) in [6.45, 7) is 5.51. The molecule has 7 heteroatoms. The predicted octanol–water partition coefficient (Wildman–Crippen LogP) is 5.99. The van der Waals surface area contributed by atoms with E-state index in [9.17, 15) is 18.0 Å². The molecule has 0 saturated carbocycles. The maximum Gasteiger partial charge on any atom is 0.416 e. The van der Waals surface area contributed by atoms with Gasteiger partial charge in [-0.2, -0.15) is 13.2 Å². The molecule has 0 radical (unpaired) electrons. The van der Waals surface area contributed by atoms with Crippen LogP contribution in [-0.4, -0.2) is 40.3 Å². The number of amides is 1. The number of hydrogen-bond acceptors (Lipinski definition) is 3. The van der Waals surface area contributed by atoms with Crippen LogP contribution in [0.2, 0.25) is 0 Å². The third kappa shape index (κ3) is 5.31. The number of halogens is 3. The van der Waals surface area contributed by atoms with Gasteiger partial charge in [0.05, 0.1) is 16.8 Å². The maximum atomic E-state index is 13.6. The molecule has 1 fully saturated rings. The van der Waals surface area contributed by atoms with Crippen molar-refractivity contribution in [2.45, 2.75) is 51.4 Å². The number of hydrogen-bond donors (Lipinski definition) is 0. The number of alkyl halides is 3. The molecule has 3 aromatic rings. The van der Waals surface area contributed by atoms with Gasteiger partial charge in [0.1, 0.15) is 0 Å². The summed E-state index contributed by atoms with van der Waals surface area (Å²) in [4.78, 5) is 22.6. The molecule has 5 rings (SSSR count). The van der Waals surface area contributed by atoms with E-state index in [-0.39, 0.29) is 11.8 Å². The van der Waals surface area contributed by atoms with Gasteiger partial charge in [0.2, 0.25) is 0 Å². The molecular formula is C29H30F3N3O. The lowest BCUT2D eigenvalue weighted by Gasteiger charge is -2.33. The first-order valence-electron chi connectivity index (χ1n) is 12.5. The van der Waals surface area contributed by atoms with E-state index in [1.807, 2.05) is 36.1 Å². The first-order valence-corrected chi connectivity index (χ1v) is 12.5. The fraction of sp³-hybridized carbons (Fsp3) is 0.379. The average Bonchev–Trinajstić information content (AvgIpc) is 2.88. The van der Waals surface area contributed by atoms with Gasteiger partial charge in [0, 0.05) is 31.2 Å². The monoisotopic (exact) mass is 493 g/mol. The molecule has 0 spiro atoms. The topological polar surface area (TPSA) is 36.4 Å². The van der Waals surface area contributed by atoms with Crippen molar-refractivity contribution in [2.24, 2.45) is 0 Å². The lowest BCUT2D eigenvalue weighted by molar-refractivity contribution is -0.137. The number of rotatable bonds is 4. The van der Waals surface area contributed by atoms with Gasteiger partial charge < -0.3 is 4.90 Å². The van der Waals surface area contributed by atoms with Gasteiger partial charge in [-0.3, -0.25) is 14.7 Å². The smallest absolute Gasteiger partial charge is 0.334 e. The summed E-state index contributed by atoms with van der Waals surface area (Å²) >= 11 is 0. The molecule has 1 amide bonds. The van der Waals surface area contributed by atoms with E-state index in [1.165, 1.54) is 11.1 Å². The van der Waals surface area contributed by atoms with Crippen LogP contribution in [0, 0.1) is 6.92 Å². The fourth-order valence-corrected chi connectivity index (χ4v) is 5.33. The van der Waals surface area contributed by atoms with Gasteiger partial charge >= 0.3 is 6.18 Å². The zero-order valence-electron chi connectivity index (χ0n) is 20.4. The molecule has 188 valence electrons. The first kappa shape index (κ1) is 24.5. The second kappa shape index (κ2) is 10.1. The van der Waals surface area contributed by atoms with E-state index in [2.05, 4.69) is 17.0 Å². The van der Waals surface area contributed by atoms with E-state index in [1.54, 1.807) is 12.1 Å². The Morgan fingerprint density at radius 2 is 1.64 bits per heavy atom. The number of nitrogens with zero attached hydrogens (tertiary/aromatic N) is 3. The maximum absolute atomic E-state index is 13.6. The highest BCUT2D eigenvalue weighted by Crippen LogP contribution is 2.32. The number of benzene rings is 2. The van der Waals surface area contributed by atoms with Crippen molar-refractivity contribution in [1.82, 2.24) is 14.8 Å². The summed E-state index contributed by atoms with van der Waals surface area (Å²) in [5, 5.41) is 0. The molecular weight excluding hydrogens is 463 g/mol. The number of aryl methyl sites for hydroxylation is 1. The number of carbonyl (C=O) groups is 1. The zero-order chi connectivity index (χ0) is 25.3. The van der Waals surface area contributed by atoms with Crippen LogP contribution in [0.1, 0.15) is 62.8 Å². The normalized spacial score (nSPS) is 17.2. The van der Waals surface area contributed by atoms with Crippen molar-refractivity contribution in [3.05, 3.63) is 99.9 Å². The minimum Gasteiger partial charge on any atom is -0.334 e. The number of fused-ring (bicyclic) bond motifs is 1. The number of likely N-dealkylation sites (tertiary alicyclic amines) is 1. The molecule has 4 nitrogen and oxygen atoms in total. The molecule has 36 heavy (non-hydrogen) atoms. The Kier molecular flexibility index (Phi) is 6.84. The number of carbonyl (C=O) groups excluding carboxylic acids is 1. The Hall–Kier alpha value is -3.19. The van der Waals surface area contributed by atoms with E-state index in [0.717, 1.165) is 61.4 Å². The average molecular weight is 494 g/mol. The van der Waals surface area contributed by atoms with E-state index in [0.29, 0.717) is 25.2 Å². The molecule has 1 aromatic heterocycles. The van der Waals surface area contributed by atoms with Crippen LogP contribution in [0.5, 0.6) is 0 Å². The lowest BCUT2D eigenvalue weighted by Crippen LogP contribution is -2.37. The fourth-order valence-electron chi connectivity index (χ4n) is 5.33. The lowest BCUT2D eigenvalue weighted by atomic mass is 9.89. The van der Waals surface area contributed by atoms with Gasteiger partial charge in [0.15, 0.2) is 0 Å². The Morgan fingerprint density at radius 1 is 0.944 bits per heavy atom. The van der Waals surface area contributed by atoms with E-state index < -0.39 is 11.7 Å². The molecule has 2 aliphatic heterocycles. The second-order valence-electron chi connectivity index (χ2n) is 9.88. The van der Waals surface area contributed by atoms with Crippen LogP contribution < -0.4 is 0 Å². The van der Waals surface area contributed by atoms with Gasteiger partial charge in [-0.1, -0.05) is 36.4 Å². The molecule has 0 N–H and O–H groups in total. The SMILES string of the molecule is Cc1ccc(C(=O)N2CCc3ccccc3C2)c(C2CCN(Cc3ccc(C(F)(F)F)cc3)CC2)n1. The molecule has 0 aliphatic carbocycles. The Bertz CT molecular complexity index is 1230. The van der Waals surface area contributed by atoms with E-state index in [4.69, 9.17) is 4.98 Å². The minimum atomic E-state index is -4.32. The number of piperidine rings is 1. The third-order valence-electron chi connectivity index (χ3n) is 7.37. The van der Waals surface area contributed by atoms with Crippen LogP contribution in [0.3, 0.4) is 0 Å². The van der Waals surface area contributed by atoms with Crippen molar-refractivity contribution in [3.8, 4) is 0 Å². The summed E-state index contributed by atoms with van der Waals surface area (Å²) in [7, 11) is 0. The number of aromatic nitrogens is 1.